The summed E-state index contributed by atoms with van der Waals surface area (Å²) in [6.45, 7) is 0. The lowest BCUT2D eigenvalue weighted by atomic mass is 9.99. The zero-order valence-electron chi connectivity index (χ0n) is 11.1. The highest BCUT2D eigenvalue weighted by atomic mass is 19.1. The molecule has 0 aliphatic carbocycles. The van der Waals surface area contributed by atoms with Crippen LogP contribution in [-0.4, -0.2) is 18.1 Å². The zero-order valence-corrected chi connectivity index (χ0v) is 11.1. The van der Waals surface area contributed by atoms with Crippen LogP contribution in [0.2, 0.25) is 0 Å². The van der Waals surface area contributed by atoms with Crippen LogP contribution in [0.25, 0.3) is 0 Å². The van der Waals surface area contributed by atoms with Gasteiger partial charge < -0.3 is 5.32 Å². The van der Waals surface area contributed by atoms with E-state index in [9.17, 15) is 4.39 Å². The average Bonchev–Trinajstić information content (AvgIpc) is 2.44. The van der Waals surface area contributed by atoms with E-state index in [-0.39, 0.29) is 5.82 Å². The number of benzene rings is 1. The van der Waals surface area contributed by atoms with Crippen molar-refractivity contribution < 1.29 is 4.39 Å². The van der Waals surface area contributed by atoms with Crippen molar-refractivity contribution in [1.82, 2.24) is 10.3 Å². The first-order valence-corrected chi connectivity index (χ1v) is 6.58. The van der Waals surface area contributed by atoms with Gasteiger partial charge in [0.05, 0.1) is 0 Å². The Morgan fingerprint density at radius 1 is 1.16 bits per heavy atom. The highest BCUT2D eigenvalue weighted by molar-refractivity contribution is 5.18. The first-order valence-electron chi connectivity index (χ1n) is 6.58. The molecule has 1 N–H and O–H groups in total. The fourth-order valence-electron chi connectivity index (χ4n) is 2.19. The largest absolute Gasteiger partial charge is 0.317 e. The molecule has 0 amide bonds. The third-order valence-electron chi connectivity index (χ3n) is 3.31. The summed E-state index contributed by atoms with van der Waals surface area (Å²) in [5.74, 6) is -0.165. The summed E-state index contributed by atoms with van der Waals surface area (Å²) >= 11 is 0. The van der Waals surface area contributed by atoms with Crippen molar-refractivity contribution in [3.05, 3.63) is 65.7 Å². The molecule has 0 saturated carbocycles. The van der Waals surface area contributed by atoms with Gasteiger partial charge in [0.15, 0.2) is 0 Å². The number of hydrogen-bond acceptors (Lipinski definition) is 2. The van der Waals surface area contributed by atoms with Crippen molar-refractivity contribution in [3.63, 3.8) is 0 Å². The normalized spacial score (nSPS) is 12.3. The van der Waals surface area contributed by atoms with Gasteiger partial charge >= 0.3 is 0 Å². The van der Waals surface area contributed by atoms with Crippen molar-refractivity contribution in [2.75, 3.05) is 7.05 Å². The summed E-state index contributed by atoms with van der Waals surface area (Å²) in [6.07, 6.45) is 6.51. The van der Waals surface area contributed by atoms with Crippen LogP contribution in [0.4, 0.5) is 4.39 Å². The van der Waals surface area contributed by atoms with Gasteiger partial charge in [-0.25, -0.2) is 4.39 Å². The molecule has 1 atom stereocenters. The molecule has 0 saturated heterocycles. The fraction of sp³-hybridized carbons (Fsp3) is 0.312. The number of aryl methyl sites for hydroxylation is 1. The van der Waals surface area contributed by atoms with Crippen LogP contribution in [0.5, 0.6) is 0 Å². The Morgan fingerprint density at radius 2 is 1.95 bits per heavy atom. The number of hydrogen-bond donors (Lipinski definition) is 1. The van der Waals surface area contributed by atoms with Gasteiger partial charge in [-0.3, -0.25) is 4.98 Å². The van der Waals surface area contributed by atoms with Gasteiger partial charge in [-0.2, -0.15) is 0 Å². The molecule has 1 unspecified atom stereocenters. The molecule has 1 heterocycles. The fourth-order valence-corrected chi connectivity index (χ4v) is 2.19. The summed E-state index contributed by atoms with van der Waals surface area (Å²) in [6, 6.07) is 11.3. The lowest BCUT2D eigenvalue weighted by Crippen LogP contribution is -2.28. The summed E-state index contributed by atoms with van der Waals surface area (Å²) in [5.41, 5.74) is 2.32. The van der Waals surface area contributed by atoms with E-state index in [0.717, 1.165) is 24.8 Å². The molecule has 1 aromatic heterocycles. The van der Waals surface area contributed by atoms with E-state index in [2.05, 4.69) is 10.3 Å². The Kier molecular flexibility index (Phi) is 5.04. The van der Waals surface area contributed by atoms with Gasteiger partial charge in [0.1, 0.15) is 5.82 Å². The van der Waals surface area contributed by atoms with E-state index < -0.39 is 0 Å². The van der Waals surface area contributed by atoms with Crippen LogP contribution < -0.4 is 5.32 Å². The van der Waals surface area contributed by atoms with Crippen LogP contribution in [-0.2, 0) is 12.8 Å². The molecule has 19 heavy (non-hydrogen) atoms. The minimum Gasteiger partial charge on any atom is -0.317 e. The quantitative estimate of drug-likeness (QED) is 0.861. The Hall–Kier alpha value is -1.74. The highest BCUT2D eigenvalue weighted by Crippen LogP contribution is 2.11. The minimum absolute atomic E-state index is 0.165. The second-order valence-electron chi connectivity index (χ2n) is 4.71. The molecular weight excluding hydrogens is 239 g/mol. The Bertz CT molecular complexity index is 499. The van der Waals surface area contributed by atoms with E-state index in [1.807, 2.05) is 37.6 Å². The number of halogens is 1. The maximum atomic E-state index is 13.1. The van der Waals surface area contributed by atoms with Crippen LogP contribution in [0.3, 0.4) is 0 Å². The molecule has 3 heteroatoms. The van der Waals surface area contributed by atoms with Crippen molar-refractivity contribution in [2.45, 2.75) is 25.3 Å². The topological polar surface area (TPSA) is 24.9 Å². The van der Waals surface area contributed by atoms with Crippen molar-refractivity contribution in [3.8, 4) is 0 Å². The highest BCUT2D eigenvalue weighted by Gasteiger charge is 2.08. The van der Waals surface area contributed by atoms with E-state index in [0.29, 0.717) is 6.04 Å². The smallest absolute Gasteiger partial charge is 0.123 e. The third-order valence-corrected chi connectivity index (χ3v) is 3.31. The number of nitrogens with one attached hydrogen (secondary N) is 1. The maximum Gasteiger partial charge on any atom is 0.123 e. The van der Waals surface area contributed by atoms with Gasteiger partial charge in [0, 0.05) is 18.4 Å². The summed E-state index contributed by atoms with van der Waals surface area (Å²) < 4.78 is 13.1. The predicted octanol–water partition coefficient (Wildman–Crippen LogP) is 2.98. The lowest BCUT2D eigenvalue weighted by Gasteiger charge is -2.16. The van der Waals surface area contributed by atoms with E-state index in [4.69, 9.17) is 0 Å². The lowest BCUT2D eigenvalue weighted by molar-refractivity contribution is 0.518. The maximum absolute atomic E-state index is 13.1. The molecule has 0 spiro atoms. The Morgan fingerprint density at radius 3 is 2.63 bits per heavy atom. The average molecular weight is 258 g/mol. The van der Waals surface area contributed by atoms with Crippen LogP contribution in [0, 0.1) is 5.82 Å². The Labute approximate surface area is 113 Å². The standard InChI is InChI=1S/C16H19FN2/c1-18-16(6-5-13-7-9-19-10-8-13)12-14-3-2-4-15(17)11-14/h2-4,7-11,16,18H,5-6,12H2,1H3. The van der Waals surface area contributed by atoms with Crippen molar-refractivity contribution >= 4 is 0 Å². The van der Waals surface area contributed by atoms with E-state index in [1.54, 1.807) is 12.1 Å². The third kappa shape index (κ3) is 4.45. The molecule has 100 valence electrons. The molecule has 1 aromatic carbocycles. The second kappa shape index (κ2) is 7.00. The van der Waals surface area contributed by atoms with Crippen LogP contribution in [0.1, 0.15) is 17.5 Å². The SMILES string of the molecule is CNC(CCc1ccncc1)Cc1cccc(F)c1. The molecule has 0 radical (unpaired) electrons. The molecule has 2 rings (SSSR count). The van der Waals surface area contributed by atoms with Crippen molar-refractivity contribution in [1.29, 1.82) is 0 Å². The molecule has 2 aromatic rings. The molecule has 0 aliphatic rings. The summed E-state index contributed by atoms with van der Waals surface area (Å²) in [7, 11) is 1.95. The minimum atomic E-state index is -0.165. The van der Waals surface area contributed by atoms with Gasteiger partial charge in [-0.05, 0) is 61.7 Å². The van der Waals surface area contributed by atoms with Gasteiger partial charge in [-0.1, -0.05) is 12.1 Å². The number of rotatable bonds is 6. The number of nitrogens with zero attached hydrogens (tertiary/aromatic N) is 1. The van der Waals surface area contributed by atoms with Crippen LogP contribution >= 0.6 is 0 Å². The molecule has 2 nitrogen and oxygen atoms in total. The summed E-state index contributed by atoms with van der Waals surface area (Å²) in [5, 5.41) is 3.30. The molecular formula is C16H19FN2. The van der Waals surface area contributed by atoms with E-state index >= 15 is 0 Å². The number of pyridine rings is 1. The number of aromatic nitrogens is 1. The zero-order chi connectivity index (χ0) is 13.5. The molecule has 0 fully saturated rings. The van der Waals surface area contributed by atoms with Crippen LogP contribution in [0.15, 0.2) is 48.8 Å². The summed E-state index contributed by atoms with van der Waals surface area (Å²) in [4.78, 5) is 4.01. The van der Waals surface area contributed by atoms with Gasteiger partial charge in [-0.15, -0.1) is 0 Å². The molecule has 0 aliphatic heterocycles. The predicted molar refractivity (Wildman–Crippen MR) is 75.5 cm³/mol. The van der Waals surface area contributed by atoms with Crippen molar-refractivity contribution in [2.24, 2.45) is 0 Å². The second-order valence-corrected chi connectivity index (χ2v) is 4.71. The van der Waals surface area contributed by atoms with Gasteiger partial charge in [0.25, 0.3) is 0 Å². The first-order chi connectivity index (χ1) is 9.28. The molecule has 0 bridgehead atoms. The monoisotopic (exact) mass is 258 g/mol. The van der Waals surface area contributed by atoms with Gasteiger partial charge in [0.2, 0.25) is 0 Å². The Balaban J connectivity index is 1.90. The van der Waals surface area contributed by atoms with E-state index in [1.165, 1.54) is 11.6 Å². The first kappa shape index (κ1) is 13.7. The number of likely N-dealkylation sites (N-methyl/N-ethyl adjacent to an activating group) is 1.